The van der Waals surface area contributed by atoms with E-state index in [1.165, 1.54) is 11.1 Å². The second-order valence-corrected chi connectivity index (χ2v) is 7.26. The Hall–Kier alpha value is -2.69. The van der Waals surface area contributed by atoms with Gasteiger partial charge in [0, 0.05) is 6.07 Å². The Bertz CT molecular complexity index is 914. The van der Waals surface area contributed by atoms with Crippen LogP contribution in [0.4, 0.5) is 0 Å². The van der Waals surface area contributed by atoms with E-state index in [1.54, 1.807) is 19.2 Å². The van der Waals surface area contributed by atoms with Crippen LogP contribution in [-0.2, 0) is 0 Å². The van der Waals surface area contributed by atoms with Crippen molar-refractivity contribution in [2.75, 3.05) is 13.7 Å². The van der Waals surface area contributed by atoms with E-state index in [2.05, 4.69) is 26.8 Å². The molecular formula is C23H30O5. The van der Waals surface area contributed by atoms with Crippen LogP contribution in [-0.4, -0.2) is 19.8 Å². The van der Waals surface area contributed by atoms with Gasteiger partial charge in [-0.2, -0.15) is 0 Å². The molecule has 0 unspecified atom stereocenters. The molecule has 2 rings (SSSR count). The number of rotatable bonds is 9. The van der Waals surface area contributed by atoms with Crippen molar-refractivity contribution >= 4 is 11.0 Å². The molecule has 1 aromatic carbocycles. The number of benzene rings is 1. The molecule has 0 atom stereocenters. The summed E-state index contributed by atoms with van der Waals surface area (Å²) in [6.07, 6.45) is 6.04. The third-order valence-electron chi connectivity index (χ3n) is 4.13. The second kappa shape index (κ2) is 10.0. The van der Waals surface area contributed by atoms with Crippen molar-refractivity contribution in [1.29, 1.82) is 0 Å². The highest BCUT2D eigenvalue weighted by atomic mass is 16.5. The van der Waals surface area contributed by atoms with Crippen molar-refractivity contribution in [2.45, 2.75) is 53.6 Å². The first-order chi connectivity index (χ1) is 13.3. The second-order valence-electron chi connectivity index (χ2n) is 7.26. The van der Waals surface area contributed by atoms with Crippen LogP contribution in [0.2, 0.25) is 0 Å². The van der Waals surface area contributed by atoms with Crippen LogP contribution in [0.1, 0.15) is 47.5 Å². The van der Waals surface area contributed by atoms with Gasteiger partial charge in [-0.1, -0.05) is 17.2 Å². The van der Waals surface area contributed by atoms with Gasteiger partial charge in [-0.15, -0.1) is 0 Å². The van der Waals surface area contributed by atoms with Crippen molar-refractivity contribution in [3.8, 4) is 17.2 Å². The van der Waals surface area contributed by atoms with Gasteiger partial charge < -0.3 is 18.6 Å². The highest BCUT2D eigenvalue weighted by Gasteiger charge is 2.19. The maximum atomic E-state index is 12.5. The largest absolute Gasteiger partial charge is 0.497 e. The fourth-order valence-electron chi connectivity index (χ4n) is 2.70. The molecule has 0 aliphatic carbocycles. The average molecular weight is 386 g/mol. The van der Waals surface area contributed by atoms with Crippen LogP contribution >= 0.6 is 0 Å². The normalized spacial score (nSPS) is 11.6. The lowest BCUT2D eigenvalue weighted by Crippen LogP contribution is -2.15. The predicted octanol–water partition coefficient (Wildman–Crippen LogP) is 5.66. The quantitative estimate of drug-likeness (QED) is 0.411. The van der Waals surface area contributed by atoms with Gasteiger partial charge in [0.25, 0.3) is 0 Å². The van der Waals surface area contributed by atoms with Crippen LogP contribution in [0.5, 0.6) is 17.2 Å². The number of hydrogen-bond donors (Lipinski definition) is 0. The summed E-state index contributed by atoms with van der Waals surface area (Å²) in [6.45, 7) is 10.3. The molecule has 1 heterocycles. The molecule has 0 spiro atoms. The van der Waals surface area contributed by atoms with E-state index in [4.69, 9.17) is 18.6 Å². The SMILES string of the molecule is COc1ccc2c(OC/C=C(\C)CCC=C(C)C)c(OC(C)C)c(=O)oc2c1. The Morgan fingerprint density at radius 1 is 1.14 bits per heavy atom. The standard InChI is InChI=1S/C23H30O5/c1-15(2)8-7-9-17(5)12-13-26-21-19-11-10-18(25-6)14-20(19)28-23(24)22(21)27-16(3)4/h8,10-12,14,16H,7,9,13H2,1-6H3/b17-12+. The summed E-state index contributed by atoms with van der Waals surface area (Å²) >= 11 is 0. The van der Waals surface area contributed by atoms with Crippen LogP contribution in [0, 0.1) is 0 Å². The number of methoxy groups -OCH3 is 1. The first kappa shape index (κ1) is 21.6. The molecule has 5 heteroatoms. The van der Waals surface area contributed by atoms with Crippen molar-refractivity contribution in [3.05, 3.63) is 51.9 Å². The van der Waals surface area contributed by atoms with E-state index in [0.29, 0.717) is 29.1 Å². The fraction of sp³-hybridized carbons (Fsp3) is 0.435. The molecule has 0 aliphatic heterocycles. The van der Waals surface area contributed by atoms with Gasteiger partial charge in [0.15, 0.2) is 5.75 Å². The molecule has 0 fully saturated rings. The molecule has 0 radical (unpaired) electrons. The summed E-state index contributed by atoms with van der Waals surface area (Å²) in [6, 6.07) is 5.28. The lowest BCUT2D eigenvalue weighted by atomic mass is 10.1. The van der Waals surface area contributed by atoms with E-state index in [-0.39, 0.29) is 11.9 Å². The van der Waals surface area contributed by atoms with E-state index >= 15 is 0 Å². The highest BCUT2D eigenvalue weighted by Crippen LogP contribution is 2.35. The zero-order valence-corrected chi connectivity index (χ0v) is 17.6. The maximum absolute atomic E-state index is 12.5. The van der Waals surface area contributed by atoms with Crippen LogP contribution in [0.15, 0.2) is 50.7 Å². The third kappa shape index (κ3) is 5.91. The van der Waals surface area contributed by atoms with Crippen molar-refractivity contribution in [2.24, 2.45) is 0 Å². The predicted molar refractivity (Wildman–Crippen MR) is 113 cm³/mol. The third-order valence-corrected chi connectivity index (χ3v) is 4.13. The Labute approximate surface area is 166 Å². The minimum Gasteiger partial charge on any atom is -0.497 e. The molecule has 28 heavy (non-hydrogen) atoms. The molecule has 0 bridgehead atoms. The fourth-order valence-corrected chi connectivity index (χ4v) is 2.70. The summed E-state index contributed by atoms with van der Waals surface area (Å²) in [7, 11) is 1.57. The minimum absolute atomic E-state index is 0.100. The van der Waals surface area contributed by atoms with E-state index < -0.39 is 5.63 Å². The molecule has 0 amide bonds. The molecule has 1 aromatic heterocycles. The van der Waals surface area contributed by atoms with E-state index in [9.17, 15) is 4.79 Å². The van der Waals surface area contributed by atoms with Gasteiger partial charge in [-0.25, -0.2) is 4.79 Å². The molecular weight excluding hydrogens is 356 g/mol. The average Bonchev–Trinajstić information content (AvgIpc) is 2.63. The van der Waals surface area contributed by atoms with Gasteiger partial charge in [0.1, 0.15) is 17.9 Å². The van der Waals surface area contributed by atoms with Crippen LogP contribution in [0.25, 0.3) is 11.0 Å². The van der Waals surface area contributed by atoms with Crippen molar-refractivity contribution in [1.82, 2.24) is 0 Å². The molecule has 0 aliphatic rings. The monoisotopic (exact) mass is 386 g/mol. The summed E-state index contributed by atoms with van der Waals surface area (Å²) in [5, 5.41) is 0.673. The molecule has 152 valence electrons. The van der Waals surface area contributed by atoms with Crippen molar-refractivity contribution in [3.63, 3.8) is 0 Å². The molecule has 2 aromatic rings. The molecule has 0 N–H and O–H groups in total. The summed E-state index contributed by atoms with van der Waals surface area (Å²) in [4.78, 5) is 12.5. The topological polar surface area (TPSA) is 57.9 Å². The van der Waals surface area contributed by atoms with Gasteiger partial charge in [0.2, 0.25) is 5.75 Å². The summed E-state index contributed by atoms with van der Waals surface area (Å²) in [5.41, 5.74) is 2.39. The highest BCUT2D eigenvalue weighted by molar-refractivity contribution is 5.86. The Morgan fingerprint density at radius 2 is 1.89 bits per heavy atom. The van der Waals surface area contributed by atoms with Gasteiger partial charge in [-0.05, 0) is 65.7 Å². The Morgan fingerprint density at radius 3 is 2.54 bits per heavy atom. The zero-order chi connectivity index (χ0) is 20.7. The lowest BCUT2D eigenvalue weighted by molar-refractivity contribution is 0.216. The van der Waals surface area contributed by atoms with E-state index in [1.807, 2.05) is 26.0 Å². The summed E-state index contributed by atoms with van der Waals surface area (Å²) in [5.74, 6) is 1.10. The van der Waals surface area contributed by atoms with Gasteiger partial charge >= 0.3 is 5.63 Å². The smallest absolute Gasteiger partial charge is 0.383 e. The first-order valence-corrected chi connectivity index (χ1v) is 9.55. The minimum atomic E-state index is -0.561. The molecule has 5 nitrogen and oxygen atoms in total. The Balaban J connectivity index is 2.31. The van der Waals surface area contributed by atoms with Crippen LogP contribution < -0.4 is 19.8 Å². The van der Waals surface area contributed by atoms with Crippen molar-refractivity contribution < 1.29 is 18.6 Å². The Kier molecular flexibility index (Phi) is 7.73. The number of hydrogen-bond acceptors (Lipinski definition) is 5. The van der Waals surface area contributed by atoms with Crippen LogP contribution in [0.3, 0.4) is 0 Å². The molecule has 0 saturated carbocycles. The van der Waals surface area contributed by atoms with E-state index in [0.717, 1.165) is 12.8 Å². The molecule has 0 saturated heterocycles. The number of allylic oxidation sites excluding steroid dienone is 3. The summed E-state index contributed by atoms with van der Waals surface area (Å²) < 4.78 is 22.3. The van der Waals surface area contributed by atoms with Gasteiger partial charge in [0.05, 0.1) is 18.6 Å². The zero-order valence-electron chi connectivity index (χ0n) is 17.6. The number of ether oxygens (including phenoxy) is 3. The number of fused-ring (bicyclic) bond motifs is 1. The maximum Gasteiger partial charge on any atom is 0.383 e. The lowest BCUT2D eigenvalue weighted by Gasteiger charge is -2.15. The van der Waals surface area contributed by atoms with Gasteiger partial charge in [-0.3, -0.25) is 0 Å². The first-order valence-electron chi connectivity index (χ1n) is 9.55.